The molecule has 0 saturated carbocycles. The summed E-state index contributed by atoms with van der Waals surface area (Å²) in [6, 6.07) is 22.9. The lowest BCUT2D eigenvalue weighted by atomic mass is 9.91. The Morgan fingerprint density at radius 3 is 2.41 bits per heavy atom. The fourth-order valence-corrected chi connectivity index (χ4v) is 5.29. The number of aliphatic imine (C=N–C) groups is 1. The summed E-state index contributed by atoms with van der Waals surface area (Å²) in [7, 11) is 0. The van der Waals surface area contributed by atoms with Crippen LogP contribution < -0.4 is 5.43 Å². The van der Waals surface area contributed by atoms with E-state index in [0.717, 1.165) is 17.0 Å². The number of aryl methyl sites for hydroxylation is 1. The predicted molar refractivity (Wildman–Crippen MR) is 149 cm³/mol. The van der Waals surface area contributed by atoms with Crippen LogP contribution in [0.25, 0.3) is 11.0 Å². The third-order valence-corrected chi connectivity index (χ3v) is 7.01. The third-order valence-electron chi connectivity index (χ3n) is 7.01. The molecule has 0 amide bonds. The number of phenolic OH excluding ortho intramolecular Hbond substituents is 1. The molecule has 3 aromatic carbocycles. The Balaban J connectivity index is 1.72. The van der Waals surface area contributed by atoms with Gasteiger partial charge in [-0.05, 0) is 44.4 Å². The smallest absolute Gasteiger partial charge is 0.196 e. The van der Waals surface area contributed by atoms with Crippen LogP contribution in [0.15, 0.2) is 87.0 Å². The fourth-order valence-electron chi connectivity index (χ4n) is 5.29. The number of aromatic hydroxyl groups is 1. The van der Waals surface area contributed by atoms with Crippen LogP contribution in [-0.4, -0.2) is 27.9 Å². The highest BCUT2D eigenvalue weighted by Crippen LogP contribution is 2.38. The quantitative estimate of drug-likeness (QED) is 0.326. The number of benzene rings is 3. The molecule has 5 nitrogen and oxygen atoms in total. The average Bonchev–Trinajstić information content (AvgIpc) is 3.17. The minimum absolute atomic E-state index is 0.0574. The van der Waals surface area contributed by atoms with Gasteiger partial charge in [0.25, 0.3) is 0 Å². The highest BCUT2D eigenvalue weighted by molar-refractivity contribution is 6.00. The molecular formula is C32H34N2O3. The van der Waals surface area contributed by atoms with Crippen molar-refractivity contribution in [3.8, 4) is 5.75 Å². The van der Waals surface area contributed by atoms with Gasteiger partial charge in [0.15, 0.2) is 5.43 Å². The van der Waals surface area contributed by atoms with E-state index in [2.05, 4.69) is 63.8 Å². The summed E-state index contributed by atoms with van der Waals surface area (Å²) in [4.78, 5) is 21.4. The largest absolute Gasteiger partial charge is 0.508 e. The first-order chi connectivity index (χ1) is 17.6. The lowest BCUT2D eigenvalue weighted by Gasteiger charge is -2.35. The molecule has 1 aliphatic rings. The summed E-state index contributed by atoms with van der Waals surface area (Å²) in [5.41, 5.74) is 3.99. The Labute approximate surface area is 218 Å². The Morgan fingerprint density at radius 1 is 1.03 bits per heavy atom. The first kappa shape index (κ1) is 24.8. The predicted octanol–water partition coefficient (Wildman–Crippen LogP) is 6.64. The number of fused-ring (bicyclic) bond motifs is 1. The first-order valence-electron chi connectivity index (χ1n) is 12.9. The van der Waals surface area contributed by atoms with Crippen LogP contribution in [0.2, 0.25) is 0 Å². The van der Waals surface area contributed by atoms with Crippen LogP contribution in [-0.2, 0) is 6.42 Å². The van der Waals surface area contributed by atoms with Crippen molar-refractivity contribution in [3.63, 3.8) is 0 Å². The zero-order valence-electron chi connectivity index (χ0n) is 22.2. The van der Waals surface area contributed by atoms with Gasteiger partial charge in [-0.25, -0.2) is 0 Å². The van der Waals surface area contributed by atoms with Gasteiger partial charge in [-0.2, -0.15) is 0 Å². The second-order valence-corrected chi connectivity index (χ2v) is 11.0. The van der Waals surface area contributed by atoms with Crippen molar-refractivity contribution >= 4 is 16.8 Å². The molecule has 0 saturated heterocycles. The molecule has 4 aromatic rings. The topological polar surface area (TPSA) is 66.0 Å². The number of rotatable bonds is 6. The van der Waals surface area contributed by atoms with E-state index in [1.165, 1.54) is 17.7 Å². The number of amidine groups is 1. The normalized spacial score (nSPS) is 15.8. The monoisotopic (exact) mass is 494 g/mol. The molecule has 2 heterocycles. The zero-order valence-corrected chi connectivity index (χ0v) is 22.2. The van der Waals surface area contributed by atoms with Crippen LogP contribution in [0.4, 0.5) is 0 Å². The average molecular weight is 495 g/mol. The molecule has 1 aliphatic heterocycles. The fraction of sp³-hybridized carbons (Fsp3) is 0.312. The number of nitrogens with zero attached hydrogens (tertiary/aromatic N) is 2. The van der Waals surface area contributed by atoms with Crippen molar-refractivity contribution in [1.29, 1.82) is 0 Å². The minimum atomic E-state index is -0.289. The van der Waals surface area contributed by atoms with Crippen LogP contribution in [0.1, 0.15) is 61.8 Å². The molecule has 1 aromatic heterocycles. The maximum Gasteiger partial charge on any atom is 0.196 e. The molecular weight excluding hydrogens is 460 g/mol. The van der Waals surface area contributed by atoms with Gasteiger partial charge in [0.2, 0.25) is 0 Å². The van der Waals surface area contributed by atoms with Crippen molar-refractivity contribution in [3.05, 3.63) is 111 Å². The van der Waals surface area contributed by atoms with Crippen molar-refractivity contribution in [2.75, 3.05) is 6.54 Å². The lowest BCUT2D eigenvalue weighted by molar-refractivity contribution is 0.210. The van der Waals surface area contributed by atoms with E-state index in [0.29, 0.717) is 35.3 Å². The van der Waals surface area contributed by atoms with E-state index in [1.54, 1.807) is 6.07 Å². The molecule has 0 spiro atoms. The van der Waals surface area contributed by atoms with Crippen molar-refractivity contribution in [1.82, 2.24) is 4.90 Å². The first-order valence-corrected chi connectivity index (χ1v) is 12.9. The summed E-state index contributed by atoms with van der Waals surface area (Å²) in [5.74, 6) is 1.74. The van der Waals surface area contributed by atoms with Gasteiger partial charge in [-0.1, -0.05) is 74.0 Å². The zero-order chi connectivity index (χ0) is 26.3. The Hall–Kier alpha value is -3.86. The Kier molecular flexibility index (Phi) is 6.40. The second-order valence-electron chi connectivity index (χ2n) is 11.0. The number of phenols is 1. The Morgan fingerprint density at radius 2 is 1.73 bits per heavy atom. The van der Waals surface area contributed by atoms with Gasteiger partial charge >= 0.3 is 0 Å². The summed E-state index contributed by atoms with van der Waals surface area (Å²) in [6.07, 6.45) is 0.465. The highest BCUT2D eigenvalue weighted by Gasteiger charge is 2.40. The summed E-state index contributed by atoms with van der Waals surface area (Å²) < 4.78 is 6.58. The molecule has 0 bridgehead atoms. The van der Waals surface area contributed by atoms with Gasteiger partial charge in [-0.3, -0.25) is 9.79 Å². The van der Waals surface area contributed by atoms with Crippen molar-refractivity contribution in [2.24, 2.45) is 10.9 Å². The SMILES string of the molecule is Cc1ccc(C2=NC(C)(C)CN2[C@@H](c2oc3cc(O)ccc3c(=O)c2Cc2ccccc2)C(C)C)cc1. The van der Waals surface area contributed by atoms with Gasteiger partial charge in [0.05, 0.1) is 17.0 Å². The summed E-state index contributed by atoms with van der Waals surface area (Å²) in [5, 5.41) is 10.6. The van der Waals surface area contributed by atoms with E-state index < -0.39 is 0 Å². The molecule has 1 N–H and O–H groups in total. The second kappa shape index (κ2) is 9.55. The number of hydrogen-bond donors (Lipinski definition) is 1. The summed E-state index contributed by atoms with van der Waals surface area (Å²) >= 11 is 0. The molecule has 37 heavy (non-hydrogen) atoms. The third kappa shape index (κ3) is 4.91. The van der Waals surface area contributed by atoms with Crippen molar-refractivity contribution in [2.45, 2.75) is 52.6 Å². The standard InChI is InChI=1S/C32H34N2O3/c1-20(2)28(34-19-32(4,5)33-31(34)23-13-11-21(3)12-14-23)30-26(17-22-9-7-6-8-10-22)29(36)25-16-15-24(35)18-27(25)37-30/h6-16,18,20,28,35H,17,19H2,1-5H3/t28-/m1/s1. The number of hydrogen-bond acceptors (Lipinski definition) is 5. The van der Waals surface area contributed by atoms with E-state index >= 15 is 0 Å². The van der Waals surface area contributed by atoms with Crippen LogP contribution >= 0.6 is 0 Å². The lowest BCUT2D eigenvalue weighted by Crippen LogP contribution is -2.39. The minimum Gasteiger partial charge on any atom is -0.508 e. The molecule has 5 rings (SSSR count). The van der Waals surface area contributed by atoms with Crippen molar-refractivity contribution < 1.29 is 9.52 Å². The molecule has 0 unspecified atom stereocenters. The van der Waals surface area contributed by atoms with E-state index in [9.17, 15) is 9.90 Å². The van der Waals surface area contributed by atoms with Crippen LogP contribution in [0.3, 0.4) is 0 Å². The Bertz CT molecular complexity index is 1520. The molecule has 190 valence electrons. The van der Waals surface area contributed by atoms with E-state index in [-0.39, 0.29) is 28.7 Å². The van der Waals surface area contributed by atoms with Gasteiger partial charge in [-0.15, -0.1) is 0 Å². The van der Waals surface area contributed by atoms with Gasteiger partial charge in [0, 0.05) is 30.2 Å². The molecule has 5 heteroatoms. The molecule has 1 atom stereocenters. The molecule has 0 fully saturated rings. The maximum atomic E-state index is 13.9. The molecule has 0 aliphatic carbocycles. The van der Waals surface area contributed by atoms with Gasteiger partial charge < -0.3 is 14.4 Å². The van der Waals surface area contributed by atoms with E-state index in [4.69, 9.17) is 9.41 Å². The van der Waals surface area contributed by atoms with Crippen LogP contribution in [0, 0.1) is 12.8 Å². The van der Waals surface area contributed by atoms with Crippen LogP contribution in [0.5, 0.6) is 5.75 Å². The van der Waals surface area contributed by atoms with E-state index in [1.807, 2.05) is 30.3 Å². The summed E-state index contributed by atoms with van der Waals surface area (Å²) in [6.45, 7) is 11.4. The maximum absolute atomic E-state index is 13.9. The molecule has 0 radical (unpaired) electrons. The highest BCUT2D eigenvalue weighted by atomic mass is 16.3. The van der Waals surface area contributed by atoms with Gasteiger partial charge in [0.1, 0.15) is 22.9 Å².